The quantitative estimate of drug-likeness (QED) is 0.896. The van der Waals surface area contributed by atoms with Crippen molar-refractivity contribution in [2.45, 2.75) is 12.3 Å². The molecular weight excluding hydrogens is 318 g/mol. The van der Waals surface area contributed by atoms with Crippen LogP contribution in [-0.4, -0.2) is 11.0 Å². The molecule has 2 aromatic rings. The van der Waals surface area contributed by atoms with Crippen molar-refractivity contribution >= 4 is 27.5 Å². The molecule has 0 aliphatic heterocycles. The van der Waals surface area contributed by atoms with Gasteiger partial charge in [-0.2, -0.15) is 0 Å². The summed E-state index contributed by atoms with van der Waals surface area (Å²) in [6, 6.07) is 14.6. The maximum Gasteiger partial charge on any atom is 0.228 e. The molecule has 1 aliphatic rings. The van der Waals surface area contributed by atoms with Gasteiger partial charge in [0.2, 0.25) is 5.91 Å². The van der Waals surface area contributed by atoms with E-state index in [1.807, 2.05) is 36.4 Å². The molecule has 4 heteroatoms. The fourth-order valence-corrected chi connectivity index (χ4v) is 2.61. The standard InChI is InChI=1S/C16H14BrNO2/c17-11-3-5-12(6-4-11)18-16(20)15-9-14(15)10-1-7-13(19)8-2-10/h1-8,14-15,19H,9H2,(H,18,20). The third-order valence-electron chi connectivity index (χ3n) is 3.56. The van der Waals surface area contributed by atoms with Crippen LogP contribution in [0.4, 0.5) is 5.69 Å². The molecule has 0 radical (unpaired) electrons. The Bertz CT molecular complexity index is 622. The predicted molar refractivity (Wildman–Crippen MR) is 81.7 cm³/mol. The minimum Gasteiger partial charge on any atom is -0.508 e. The number of anilines is 1. The first-order chi connectivity index (χ1) is 9.63. The van der Waals surface area contributed by atoms with Gasteiger partial charge in [0.25, 0.3) is 0 Å². The van der Waals surface area contributed by atoms with E-state index >= 15 is 0 Å². The number of halogens is 1. The van der Waals surface area contributed by atoms with E-state index in [9.17, 15) is 9.90 Å². The average molecular weight is 332 g/mol. The van der Waals surface area contributed by atoms with E-state index in [4.69, 9.17) is 0 Å². The second kappa shape index (κ2) is 5.29. The molecule has 3 nitrogen and oxygen atoms in total. The maximum atomic E-state index is 12.1. The van der Waals surface area contributed by atoms with Crippen molar-refractivity contribution in [2.24, 2.45) is 5.92 Å². The van der Waals surface area contributed by atoms with Gasteiger partial charge in [-0.15, -0.1) is 0 Å². The second-order valence-electron chi connectivity index (χ2n) is 5.04. The Kier molecular flexibility index (Phi) is 3.49. The van der Waals surface area contributed by atoms with Crippen LogP contribution in [0, 0.1) is 5.92 Å². The fraction of sp³-hybridized carbons (Fsp3) is 0.188. The summed E-state index contributed by atoms with van der Waals surface area (Å²) in [5.41, 5.74) is 1.92. The van der Waals surface area contributed by atoms with Crippen LogP contribution in [0.5, 0.6) is 5.75 Å². The van der Waals surface area contributed by atoms with Gasteiger partial charge in [-0.3, -0.25) is 4.79 Å². The smallest absolute Gasteiger partial charge is 0.228 e. The summed E-state index contributed by atoms with van der Waals surface area (Å²) in [5, 5.41) is 12.2. The molecule has 0 saturated heterocycles. The monoisotopic (exact) mass is 331 g/mol. The molecule has 0 bridgehead atoms. The second-order valence-corrected chi connectivity index (χ2v) is 5.95. The minimum atomic E-state index is 0.0307. The van der Waals surface area contributed by atoms with Crippen LogP contribution in [0.2, 0.25) is 0 Å². The Balaban J connectivity index is 1.62. The predicted octanol–water partition coefficient (Wildman–Crippen LogP) is 3.90. The van der Waals surface area contributed by atoms with Crippen molar-refractivity contribution in [3.63, 3.8) is 0 Å². The van der Waals surface area contributed by atoms with Crippen LogP contribution < -0.4 is 5.32 Å². The SMILES string of the molecule is O=C(Nc1ccc(Br)cc1)C1CC1c1ccc(O)cc1. The van der Waals surface area contributed by atoms with E-state index in [0.717, 1.165) is 22.1 Å². The lowest BCUT2D eigenvalue weighted by Crippen LogP contribution is -2.14. The van der Waals surface area contributed by atoms with E-state index in [2.05, 4.69) is 21.2 Å². The summed E-state index contributed by atoms with van der Waals surface area (Å²) < 4.78 is 0.990. The highest BCUT2D eigenvalue weighted by atomic mass is 79.9. The molecule has 1 amide bonds. The van der Waals surface area contributed by atoms with E-state index in [0.29, 0.717) is 0 Å². The van der Waals surface area contributed by atoms with E-state index in [1.54, 1.807) is 12.1 Å². The first-order valence-electron chi connectivity index (χ1n) is 6.49. The highest BCUT2D eigenvalue weighted by Crippen LogP contribution is 2.48. The molecule has 2 unspecified atom stereocenters. The van der Waals surface area contributed by atoms with Crippen molar-refractivity contribution < 1.29 is 9.90 Å². The van der Waals surface area contributed by atoms with Crippen molar-refractivity contribution in [1.29, 1.82) is 0 Å². The van der Waals surface area contributed by atoms with E-state index in [-0.39, 0.29) is 23.5 Å². The number of rotatable bonds is 3. The average Bonchev–Trinajstić information content (AvgIpc) is 3.23. The number of hydrogen-bond donors (Lipinski definition) is 2. The number of phenols is 1. The number of nitrogens with one attached hydrogen (secondary N) is 1. The number of aromatic hydroxyl groups is 1. The zero-order valence-corrected chi connectivity index (χ0v) is 12.3. The Labute approximate surface area is 125 Å². The lowest BCUT2D eigenvalue weighted by Gasteiger charge is -2.05. The molecular formula is C16H14BrNO2. The van der Waals surface area contributed by atoms with E-state index < -0.39 is 0 Å². The summed E-state index contributed by atoms with van der Waals surface area (Å²) >= 11 is 3.37. The van der Waals surface area contributed by atoms with Gasteiger partial charge in [-0.1, -0.05) is 28.1 Å². The minimum absolute atomic E-state index is 0.0307. The Morgan fingerprint density at radius 3 is 2.40 bits per heavy atom. The Hall–Kier alpha value is -1.81. The van der Waals surface area contributed by atoms with Gasteiger partial charge in [-0.25, -0.2) is 0 Å². The first-order valence-corrected chi connectivity index (χ1v) is 7.28. The topological polar surface area (TPSA) is 49.3 Å². The van der Waals surface area contributed by atoms with Gasteiger partial charge in [0.05, 0.1) is 0 Å². The van der Waals surface area contributed by atoms with Crippen molar-refractivity contribution in [3.8, 4) is 5.75 Å². The molecule has 1 aliphatic carbocycles. The molecule has 2 aromatic carbocycles. The van der Waals surface area contributed by atoms with Gasteiger partial charge in [0.15, 0.2) is 0 Å². The lowest BCUT2D eigenvalue weighted by molar-refractivity contribution is -0.117. The summed E-state index contributed by atoms with van der Waals surface area (Å²) in [5.74, 6) is 0.616. The zero-order valence-electron chi connectivity index (χ0n) is 10.7. The van der Waals surface area contributed by atoms with Crippen LogP contribution >= 0.6 is 15.9 Å². The van der Waals surface area contributed by atoms with Crippen LogP contribution in [-0.2, 0) is 4.79 Å². The first kappa shape index (κ1) is 13.2. The highest BCUT2D eigenvalue weighted by Gasteiger charge is 2.43. The van der Waals surface area contributed by atoms with E-state index in [1.165, 1.54) is 0 Å². The molecule has 2 atom stereocenters. The number of hydrogen-bond acceptors (Lipinski definition) is 2. The van der Waals surface area contributed by atoms with Crippen LogP contribution in [0.25, 0.3) is 0 Å². The van der Waals surface area contributed by atoms with Gasteiger partial charge in [-0.05, 0) is 54.3 Å². The summed E-state index contributed by atoms with van der Waals surface area (Å²) in [6.45, 7) is 0. The lowest BCUT2D eigenvalue weighted by atomic mass is 10.1. The third kappa shape index (κ3) is 2.85. The molecule has 1 fully saturated rings. The number of phenolic OH excluding ortho intramolecular Hbond substituents is 1. The molecule has 2 N–H and O–H groups in total. The zero-order chi connectivity index (χ0) is 14.1. The normalized spacial score (nSPS) is 20.4. The Morgan fingerprint density at radius 2 is 1.75 bits per heavy atom. The molecule has 20 heavy (non-hydrogen) atoms. The largest absolute Gasteiger partial charge is 0.508 e. The summed E-state index contributed by atoms with van der Waals surface area (Å²) in [4.78, 5) is 12.1. The van der Waals surface area contributed by atoms with Crippen molar-refractivity contribution in [3.05, 3.63) is 58.6 Å². The number of amides is 1. The molecule has 102 valence electrons. The van der Waals surface area contributed by atoms with Gasteiger partial charge < -0.3 is 10.4 Å². The van der Waals surface area contributed by atoms with Gasteiger partial charge in [0.1, 0.15) is 5.75 Å². The summed E-state index contributed by atoms with van der Waals surface area (Å²) in [7, 11) is 0. The molecule has 0 spiro atoms. The maximum absolute atomic E-state index is 12.1. The number of benzene rings is 2. The highest BCUT2D eigenvalue weighted by molar-refractivity contribution is 9.10. The molecule has 1 saturated carbocycles. The summed E-state index contributed by atoms with van der Waals surface area (Å²) in [6.07, 6.45) is 0.868. The van der Waals surface area contributed by atoms with Crippen LogP contribution in [0.15, 0.2) is 53.0 Å². The van der Waals surface area contributed by atoms with Crippen molar-refractivity contribution in [1.82, 2.24) is 0 Å². The van der Waals surface area contributed by atoms with Crippen LogP contribution in [0.3, 0.4) is 0 Å². The Morgan fingerprint density at radius 1 is 1.10 bits per heavy atom. The molecule has 3 rings (SSSR count). The van der Waals surface area contributed by atoms with Gasteiger partial charge >= 0.3 is 0 Å². The van der Waals surface area contributed by atoms with Gasteiger partial charge in [0, 0.05) is 16.1 Å². The number of carbonyl (C=O) groups excluding carboxylic acids is 1. The fourth-order valence-electron chi connectivity index (χ4n) is 2.34. The molecule has 0 heterocycles. The van der Waals surface area contributed by atoms with Crippen molar-refractivity contribution in [2.75, 3.05) is 5.32 Å². The number of carbonyl (C=O) groups is 1. The van der Waals surface area contributed by atoms with Crippen LogP contribution in [0.1, 0.15) is 17.9 Å². The molecule has 0 aromatic heterocycles. The third-order valence-corrected chi connectivity index (χ3v) is 4.09.